The minimum absolute atomic E-state index is 0.0908. The lowest BCUT2D eigenvalue weighted by Crippen LogP contribution is -2.45. The first kappa shape index (κ1) is 18.0. The molecule has 0 spiro atoms. The van der Waals surface area contributed by atoms with E-state index in [2.05, 4.69) is 25.7 Å². The third-order valence-electron chi connectivity index (χ3n) is 3.39. The molecule has 0 aliphatic carbocycles. The molecule has 2 aromatic heterocycles. The van der Waals surface area contributed by atoms with Crippen LogP contribution in [0.5, 0.6) is 0 Å². The van der Waals surface area contributed by atoms with Gasteiger partial charge < -0.3 is 15.4 Å². The van der Waals surface area contributed by atoms with Gasteiger partial charge in [-0.3, -0.25) is 0 Å². The Morgan fingerprint density at radius 1 is 1.38 bits per heavy atom. The highest BCUT2D eigenvalue weighted by atomic mass is 16.6. The number of aromatic nitrogens is 4. The zero-order chi connectivity index (χ0) is 17.9. The van der Waals surface area contributed by atoms with Crippen molar-refractivity contribution in [1.29, 1.82) is 0 Å². The number of ether oxygens (including phenoxy) is 1. The molecule has 0 radical (unpaired) electrons. The topological polar surface area (TPSA) is 93.4 Å². The molecule has 8 nitrogen and oxygen atoms in total. The Kier molecular flexibility index (Phi) is 5.26. The van der Waals surface area contributed by atoms with Crippen molar-refractivity contribution in [3.8, 4) is 0 Å². The number of fused-ring (bicyclic) bond motifs is 1. The fourth-order valence-electron chi connectivity index (χ4n) is 2.18. The summed E-state index contributed by atoms with van der Waals surface area (Å²) in [4.78, 5) is 20.4. The molecule has 24 heavy (non-hydrogen) atoms. The predicted octanol–water partition coefficient (Wildman–Crippen LogP) is 2.39. The van der Waals surface area contributed by atoms with Gasteiger partial charge in [-0.15, -0.1) is 0 Å². The zero-order valence-electron chi connectivity index (χ0n) is 15.1. The number of alkyl carbamates (subject to hydrolysis) is 1. The number of nitrogens with one attached hydrogen (secondary N) is 2. The lowest BCUT2D eigenvalue weighted by Gasteiger charge is -2.26. The lowest BCUT2D eigenvalue weighted by atomic mass is 10.0. The van der Waals surface area contributed by atoms with E-state index in [-0.39, 0.29) is 12.0 Å². The van der Waals surface area contributed by atoms with Crippen LogP contribution in [0.2, 0.25) is 0 Å². The number of anilines is 1. The Morgan fingerprint density at radius 2 is 2.08 bits per heavy atom. The van der Waals surface area contributed by atoms with Crippen molar-refractivity contribution >= 4 is 17.7 Å². The summed E-state index contributed by atoms with van der Waals surface area (Å²) in [6, 6.07) is 1.80. The molecule has 2 N–H and O–H groups in total. The van der Waals surface area contributed by atoms with Crippen LogP contribution in [-0.4, -0.2) is 43.9 Å². The highest BCUT2D eigenvalue weighted by molar-refractivity contribution is 5.68. The predicted molar refractivity (Wildman–Crippen MR) is 92.0 cm³/mol. The maximum absolute atomic E-state index is 12.0. The molecule has 132 valence electrons. The molecule has 0 bridgehead atoms. The molecular formula is C16H26N6O2. The summed E-state index contributed by atoms with van der Waals surface area (Å²) in [7, 11) is 0. The molecule has 0 saturated carbocycles. The first-order valence-electron chi connectivity index (χ1n) is 8.06. The van der Waals surface area contributed by atoms with Crippen LogP contribution in [-0.2, 0) is 4.74 Å². The molecule has 0 saturated heterocycles. The maximum Gasteiger partial charge on any atom is 0.407 e. The summed E-state index contributed by atoms with van der Waals surface area (Å²) in [5.41, 5.74) is 0.327. The van der Waals surface area contributed by atoms with Crippen LogP contribution in [0.25, 0.3) is 5.78 Å². The second-order valence-electron chi connectivity index (χ2n) is 7.13. The van der Waals surface area contributed by atoms with E-state index in [4.69, 9.17) is 4.74 Å². The first-order valence-corrected chi connectivity index (χ1v) is 8.06. The van der Waals surface area contributed by atoms with Gasteiger partial charge in [-0.2, -0.15) is 14.6 Å². The van der Waals surface area contributed by atoms with Crippen LogP contribution in [0.4, 0.5) is 10.6 Å². The van der Waals surface area contributed by atoms with E-state index >= 15 is 0 Å². The van der Waals surface area contributed by atoms with Gasteiger partial charge in [0.05, 0.1) is 6.04 Å². The van der Waals surface area contributed by atoms with Crippen LogP contribution >= 0.6 is 0 Å². The monoisotopic (exact) mass is 334 g/mol. The second-order valence-corrected chi connectivity index (χ2v) is 7.13. The smallest absolute Gasteiger partial charge is 0.407 e. The Bertz CT molecular complexity index is 704. The van der Waals surface area contributed by atoms with Gasteiger partial charge in [-0.1, -0.05) is 13.8 Å². The van der Waals surface area contributed by atoms with E-state index < -0.39 is 11.7 Å². The molecule has 0 aliphatic heterocycles. The number of carbonyl (C=O) groups is 1. The molecule has 8 heteroatoms. The van der Waals surface area contributed by atoms with Crippen molar-refractivity contribution in [2.24, 2.45) is 5.92 Å². The molecular weight excluding hydrogens is 308 g/mol. The summed E-state index contributed by atoms with van der Waals surface area (Å²) >= 11 is 0. The van der Waals surface area contributed by atoms with Crippen LogP contribution in [0.15, 0.2) is 12.4 Å². The SMILES string of the molecule is Cc1cc(NCC(NC(=O)OC(C)(C)C)C(C)C)n2ncnc2n1. The number of amides is 1. The zero-order valence-corrected chi connectivity index (χ0v) is 15.1. The number of hydrogen-bond acceptors (Lipinski definition) is 6. The average molecular weight is 334 g/mol. The third-order valence-corrected chi connectivity index (χ3v) is 3.39. The van der Waals surface area contributed by atoms with Gasteiger partial charge >= 0.3 is 6.09 Å². The van der Waals surface area contributed by atoms with Crippen molar-refractivity contribution in [2.75, 3.05) is 11.9 Å². The van der Waals surface area contributed by atoms with Gasteiger partial charge in [-0.25, -0.2) is 9.78 Å². The first-order chi connectivity index (χ1) is 11.2. The highest BCUT2D eigenvalue weighted by Crippen LogP contribution is 2.12. The van der Waals surface area contributed by atoms with E-state index in [9.17, 15) is 4.79 Å². The Balaban J connectivity index is 2.05. The largest absolute Gasteiger partial charge is 0.444 e. The van der Waals surface area contributed by atoms with Crippen molar-refractivity contribution in [3.05, 3.63) is 18.1 Å². The molecule has 0 aromatic carbocycles. The fraction of sp³-hybridized carbons (Fsp3) is 0.625. The molecule has 0 fully saturated rings. The molecule has 0 aliphatic rings. The number of rotatable bonds is 5. The minimum atomic E-state index is -0.520. The normalized spacial score (nSPS) is 13.1. The van der Waals surface area contributed by atoms with E-state index in [1.165, 1.54) is 6.33 Å². The summed E-state index contributed by atoms with van der Waals surface area (Å²) < 4.78 is 6.97. The van der Waals surface area contributed by atoms with Crippen molar-refractivity contribution in [2.45, 2.75) is 53.2 Å². The third kappa shape index (κ3) is 4.81. The summed E-state index contributed by atoms with van der Waals surface area (Å²) in [5, 5.41) is 10.4. The standard InChI is InChI=1S/C16H26N6O2/c1-10(2)12(21-15(23)24-16(4,5)6)8-17-13-7-11(3)20-14-18-9-19-22(13)14/h7,9-10,12,17H,8H2,1-6H3,(H,21,23). The number of carbonyl (C=O) groups excluding carboxylic acids is 1. The molecule has 1 amide bonds. The second kappa shape index (κ2) is 7.02. The van der Waals surface area contributed by atoms with E-state index in [1.807, 2.05) is 47.6 Å². The van der Waals surface area contributed by atoms with Gasteiger partial charge in [0.1, 0.15) is 17.7 Å². The lowest BCUT2D eigenvalue weighted by molar-refractivity contribution is 0.0494. The molecule has 2 heterocycles. The molecule has 1 unspecified atom stereocenters. The van der Waals surface area contributed by atoms with Crippen LogP contribution in [0.3, 0.4) is 0 Å². The molecule has 2 aromatic rings. The minimum Gasteiger partial charge on any atom is -0.444 e. The van der Waals surface area contributed by atoms with Crippen LogP contribution in [0.1, 0.15) is 40.3 Å². The van der Waals surface area contributed by atoms with Gasteiger partial charge in [0.25, 0.3) is 5.78 Å². The Hall–Kier alpha value is -2.38. The highest BCUT2D eigenvalue weighted by Gasteiger charge is 2.21. The van der Waals surface area contributed by atoms with Crippen molar-refractivity contribution in [1.82, 2.24) is 24.9 Å². The summed E-state index contributed by atoms with van der Waals surface area (Å²) in [6.45, 7) is 12.1. The van der Waals surface area contributed by atoms with Gasteiger partial charge in [0, 0.05) is 18.3 Å². The summed E-state index contributed by atoms with van der Waals surface area (Å²) in [5.74, 6) is 1.56. The Morgan fingerprint density at radius 3 is 2.71 bits per heavy atom. The quantitative estimate of drug-likeness (QED) is 0.872. The van der Waals surface area contributed by atoms with E-state index in [0.29, 0.717) is 12.3 Å². The maximum atomic E-state index is 12.0. The number of hydrogen-bond donors (Lipinski definition) is 2. The van der Waals surface area contributed by atoms with Crippen molar-refractivity contribution in [3.63, 3.8) is 0 Å². The molecule has 1 atom stereocenters. The number of aryl methyl sites for hydroxylation is 1. The van der Waals surface area contributed by atoms with Crippen LogP contribution in [0, 0.1) is 12.8 Å². The van der Waals surface area contributed by atoms with E-state index in [0.717, 1.165) is 11.5 Å². The fourth-order valence-corrected chi connectivity index (χ4v) is 2.18. The van der Waals surface area contributed by atoms with Gasteiger partial charge in [-0.05, 0) is 33.6 Å². The Labute approximate surface area is 142 Å². The van der Waals surface area contributed by atoms with Gasteiger partial charge in [0.2, 0.25) is 0 Å². The summed E-state index contributed by atoms with van der Waals surface area (Å²) in [6.07, 6.45) is 1.05. The van der Waals surface area contributed by atoms with Crippen molar-refractivity contribution < 1.29 is 9.53 Å². The molecule has 2 rings (SSSR count). The van der Waals surface area contributed by atoms with Crippen LogP contribution < -0.4 is 10.6 Å². The van der Waals surface area contributed by atoms with E-state index in [1.54, 1.807) is 4.52 Å². The van der Waals surface area contributed by atoms with Gasteiger partial charge in [0.15, 0.2) is 0 Å². The average Bonchev–Trinajstić information content (AvgIpc) is 2.88. The number of nitrogens with zero attached hydrogens (tertiary/aromatic N) is 4.